The first-order valence-corrected chi connectivity index (χ1v) is 7.97. The Morgan fingerprint density at radius 1 is 1.17 bits per heavy atom. The average molecular weight is 331 g/mol. The summed E-state index contributed by atoms with van der Waals surface area (Å²) in [6.07, 6.45) is 1.53. The summed E-state index contributed by atoms with van der Waals surface area (Å²) in [6.45, 7) is 3.91. The van der Waals surface area contributed by atoms with Crippen LogP contribution in [0.15, 0.2) is 42.6 Å². The van der Waals surface area contributed by atoms with Crippen LogP contribution in [-0.4, -0.2) is 49.0 Å². The van der Waals surface area contributed by atoms with Crippen molar-refractivity contribution in [1.29, 1.82) is 0 Å². The number of benzene rings is 1. The topological polar surface area (TPSA) is 48.5 Å². The third-order valence-electron chi connectivity index (χ3n) is 3.95. The zero-order chi connectivity index (χ0) is 16.2. The number of aromatic nitrogens is 1. The molecule has 120 valence electrons. The quantitative estimate of drug-likeness (QED) is 0.940. The molecule has 0 aliphatic carbocycles. The summed E-state index contributed by atoms with van der Waals surface area (Å²) < 4.78 is 0. The molecule has 3 rings (SSSR count). The molecule has 1 aliphatic heterocycles. The lowest BCUT2D eigenvalue weighted by molar-refractivity contribution is 0.102. The second kappa shape index (κ2) is 6.98. The number of nitrogens with one attached hydrogen (secondary N) is 1. The van der Waals surface area contributed by atoms with E-state index in [2.05, 4.69) is 27.1 Å². The van der Waals surface area contributed by atoms with Crippen LogP contribution in [0.2, 0.25) is 5.02 Å². The van der Waals surface area contributed by atoms with E-state index in [9.17, 15) is 4.79 Å². The summed E-state index contributed by atoms with van der Waals surface area (Å²) in [5.41, 5.74) is 2.14. The number of pyridine rings is 1. The molecule has 5 nitrogen and oxygen atoms in total. The number of piperazine rings is 1. The minimum atomic E-state index is -0.255. The number of likely N-dealkylation sites (N-methyl/N-ethyl adjacent to an activating group) is 1. The molecule has 23 heavy (non-hydrogen) atoms. The molecule has 1 N–H and O–H groups in total. The van der Waals surface area contributed by atoms with E-state index >= 15 is 0 Å². The Morgan fingerprint density at radius 3 is 2.65 bits per heavy atom. The Morgan fingerprint density at radius 2 is 1.91 bits per heavy atom. The molecule has 1 fully saturated rings. The number of amides is 1. The van der Waals surface area contributed by atoms with Crippen molar-refractivity contribution in [2.45, 2.75) is 0 Å². The third-order valence-corrected chi connectivity index (χ3v) is 4.19. The molecule has 1 aromatic carbocycles. The number of rotatable bonds is 3. The van der Waals surface area contributed by atoms with Crippen LogP contribution in [0.25, 0.3) is 0 Å². The molecule has 0 spiro atoms. The van der Waals surface area contributed by atoms with Crippen LogP contribution in [0, 0.1) is 0 Å². The van der Waals surface area contributed by atoms with E-state index < -0.39 is 0 Å². The summed E-state index contributed by atoms with van der Waals surface area (Å²) in [5, 5.41) is 3.44. The number of para-hydroxylation sites is 2. The first-order valence-electron chi connectivity index (χ1n) is 7.59. The minimum absolute atomic E-state index is 0.255. The van der Waals surface area contributed by atoms with Gasteiger partial charge in [0.05, 0.1) is 11.4 Å². The Kier molecular flexibility index (Phi) is 4.79. The van der Waals surface area contributed by atoms with Crippen LogP contribution in [0.5, 0.6) is 0 Å². The van der Waals surface area contributed by atoms with Crippen molar-refractivity contribution in [3.63, 3.8) is 0 Å². The van der Waals surface area contributed by atoms with Crippen LogP contribution >= 0.6 is 11.6 Å². The molecule has 0 bridgehead atoms. The molecule has 1 saturated heterocycles. The van der Waals surface area contributed by atoms with Gasteiger partial charge < -0.3 is 15.1 Å². The lowest BCUT2D eigenvalue weighted by atomic mass is 10.2. The highest BCUT2D eigenvalue weighted by molar-refractivity contribution is 6.31. The number of hydrogen-bond donors (Lipinski definition) is 1. The molecule has 2 aromatic rings. The Labute approximate surface area is 140 Å². The molecule has 0 saturated carbocycles. The SMILES string of the molecule is CN1CCN(c2ccccc2NC(=O)c2cc(Cl)ccn2)CC1. The fourth-order valence-electron chi connectivity index (χ4n) is 2.62. The van der Waals surface area contributed by atoms with Gasteiger partial charge in [0, 0.05) is 37.4 Å². The maximum absolute atomic E-state index is 12.4. The van der Waals surface area contributed by atoms with Gasteiger partial charge in [-0.1, -0.05) is 23.7 Å². The zero-order valence-corrected chi connectivity index (χ0v) is 13.8. The normalized spacial score (nSPS) is 15.5. The highest BCUT2D eigenvalue weighted by Gasteiger charge is 2.18. The first kappa shape index (κ1) is 15.8. The second-order valence-electron chi connectivity index (χ2n) is 5.62. The van der Waals surface area contributed by atoms with Gasteiger partial charge in [0.1, 0.15) is 5.69 Å². The van der Waals surface area contributed by atoms with Gasteiger partial charge in [-0.3, -0.25) is 9.78 Å². The molecule has 1 amide bonds. The van der Waals surface area contributed by atoms with Gasteiger partial charge in [-0.2, -0.15) is 0 Å². The van der Waals surface area contributed by atoms with Gasteiger partial charge in [0.2, 0.25) is 0 Å². The Balaban J connectivity index is 1.79. The Hall–Kier alpha value is -2.11. The predicted molar refractivity (Wildman–Crippen MR) is 93.4 cm³/mol. The number of nitrogens with zero attached hydrogens (tertiary/aromatic N) is 3. The summed E-state index contributed by atoms with van der Waals surface area (Å²) >= 11 is 5.93. The molecule has 0 unspecified atom stereocenters. The van der Waals surface area contributed by atoms with E-state index in [1.54, 1.807) is 12.1 Å². The fourth-order valence-corrected chi connectivity index (χ4v) is 2.78. The summed E-state index contributed by atoms with van der Waals surface area (Å²) in [7, 11) is 2.12. The third kappa shape index (κ3) is 3.81. The van der Waals surface area contributed by atoms with E-state index in [0.717, 1.165) is 37.6 Å². The smallest absolute Gasteiger partial charge is 0.274 e. The van der Waals surface area contributed by atoms with Crippen LogP contribution in [0.3, 0.4) is 0 Å². The first-order chi connectivity index (χ1) is 11.1. The van der Waals surface area contributed by atoms with Gasteiger partial charge >= 0.3 is 0 Å². The van der Waals surface area contributed by atoms with E-state index in [1.165, 1.54) is 6.20 Å². The molecular formula is C17H19ClN4O. The lowest BCUT2D eigenvalue weighted by Crippen LogP contribution is -2.44. The number of carbonyl (C=O) groups is 1. The predicted octanol–water partition coefficient (Wildman–Crippen LogP) is 2.74. The van der Waals surface area contributed by atoms with Crippen molar-refractivity contribution < 1.29 is 4.79 Å². The van der Waals surface area contributed by atoms with Crippen LogP contribution in [0.1, 0.15) is 10.5 Å². The number of hydrogen-bond acceptors (Lipinski definition) is 4. The standard InChI is InChI=1S/C17H19ClN4O/c1-21-8-10-22(11-9-21)16-5-3-2-4-14(16)20-17(23)15-12-13(18)6-7-19-15/h2-7,12H,8-11H2,1H3,(H,20,23). The van der Waals surface area contributed by atoms with Crippen LogP contribution in [-0.2, 0) is 0 Å². The van der Waals surface area contributed by atoms with Crippen molar-refractivity contribution in [1.82, 2.24) is 9.88 Å². The summed E-state index contributed by atoms with van der Waals surface area (Å²) in [6, 6.07) is 11.1. The largest absolute Gasteiger partial charge is 0.367 e. The number of anilines is 2. The summed E-state index contributed by atoms with van der Waals surface area (Å²) in [4.78, 5) is 21.1. The van der Waals surface area contributed by atoms with Crippen LogP contribution in [0.4, 0.5) is 11.4 Å². The van der Waals surface area contributed by atoms with Gasteiger partial charge in [-0.15, -0.1) is 0 Å². The van der Waals surface area contributed by atoms with Gasteiger partial charge in [0.25, 0.3) is 5.91 Å². The van der Waals surface area contributed by atoms with Crippen molar-refractivity contribution >= 4 is 28.9 Å². The molecule has 2 heterocycles. The molecule has 1 aromatic heterocycles. The van der Waals surface area contributed by atoms with Crippen molar-refractivity contribution in [2.75, 3.05) is 43.4 Å². The van der Waals surface area contributed by atoms with E-state index in [4.69, 9.17) is 11.6 Å². The Bertz CT molecular complexity index is 698. The van der Waals surface area contributed by atoms with E-state index in [-0.39, 0.29) is 5.91 Å². The number of carbonyl (C=O) groups excluding carboxylic acids is 1. The second-order valence-corrected chi connectivity index (χ2v) is 6.06. The van der Waals surface area contributed by atoms with Crippen molar-refractivity contribution in [2.24, 2.45) is 0 Å². The molecule has 0 atom stereocenters. The van der Waals surface area contributed by atoms with Gasteiger partial charge in [-0.05, 0) is 31.3 Å². The average Bonchev–Trinajstić information content (AvgIpc) is 2.56. The molecule has 6 heteroatoms. The maximum atomic E-state index is 12.4. The number of halogens is 1. The highest BCUT2D eigenvalue weighted by Crippen LogP contribution is 2.27. The van der Waals surface area contributed by atoms with Gasteiger partial charge in [0.15, 0.2) is 0 Å². The minimum Gasteiger partial charge on any atom is -0.367 e. The molecule has 1 aliphatic rings. The van der Waals surface area contributed by atoms with E-state index in [0.29, 0.717) is 10.7 Å². The monoisotopic (exact) mass is 330 g/mol. The lowest BCUT2D eigenvalue weighted by Gasteiger charge is -2.35. The molecular weight excluding hydrogens is 312 g/mol. The van der Waals surface area contributed by atoms with E-state index in [1.807, 2.05) is 24.3 Å². The van der Waals surface area contributed by atoms with Crippen molar-refractivity contribution in [3.8, 4) is 0 Å². The maximum Gasteiger partial charge on any atom is 0.274 e. The fraction of sp³-hybridized carbons (Fsp3) is 0.294. The van der Waals surface area contributed by atoms with Gasteiger partial charge in [-0.25, -0.2) is 0 Å². The molecule has 0 radical (unpaired) electrons. The highest BCUT2D eigenvalue weighted by atomic mass is 35.5. The summed E-state index contributed by atoms with van der Waals surface area (Å²) in [5.74, 6) is -0.255. The van der Waals surface area contributed by atoms with Crippen LogP contribution < -0.4 is 10.2 Å². The zero-order valence-electron chi connectivity index (χ0n) is 13.0. The van der Waals surface area contributed by atoms with Crippen molar-refractivity contribution in [3.05, 3.63) is 53.3 Å².